The van der Waals surface area contributed by atoms with Crippen molar-refractivity contribution in [1.82, 2.24) is 5.32 Å². The van der Waals surface area contributed by atoms with Crippen molar-refractivity contribution in [3.8, 4) is 0 Å². The van der Waals surface area contributed by atoms with Crippen LogP contribution in [-0.4, -0.2) is 25.0 Å². The second kappa shape index (κ2) is 6.76. The van der Waals surface area contributed by atoms with Gasteiger partial charge in [-0.15, -0.1) is 0 Å². The van der Waals surface area contributed by atoms with Gasteiger partial charge in [0.05, 0.1) is 12.0 Å². The Kier molecular flexibility index (Phi) is 6.36. The van der Waals surface area contributed by atoms with Crippen LogP contribution in [0.25, 0.3) is 0 Å². The lowest BCUT2D eigenvalue weighted by Gasteiger charge is -2.22. The van der Waals surface area contributed by atoms with Crippen LogP contribution in [0.15, 0.2) is 0 Å². The minimum absolute atomic E-state index is 0.00389. The summed E-state index contributed by atoms with van der Waals surface area (Å²) in [5.41, 5.74) is -0.820. The predicted octanol–water partition coefficient (Wildman–Crippen LogP) is 2.52. The van der Waals surface area contributed by atoms with Crippen LogP contribution in [-0.2, 0) is 14.3 Å². The number of hydrogen-bond donors (Lipinski definition) is 1. The summed E-state index contributed by atoms with van der Waals surface area (Å²) in [6.07, 6.45) is 1.52. The molecule has 4 heteroatoms. The molecule has 0 rings (SSSR count). The number of carbonyl (C=O) groups excluding carboxylic acids is 2. The average molecular weight is 257 g/mol. The highest BCUT2D eigenvalue weighted by molar-refractivity contribution is 5.81. The molecule has 0 bridgehead atoms. The van der Waals surface area contributed by atoms with Crippen LogP contribution in [0.5, 0.6) is 0 Å². The van der Waals surface area contributed by atoms with Crippen molar-refractivity contribution in [2.24, 2.45) is 10.8 Å². The lowest BCUT2D eigenvalue weighted by Crippen LogP contribution is -2.39. The molecular weight excluding hydrogens is 230 g/mol. The highest BCUT2D eigenvalue weighted by Crippen LogP contribution is 2.21. The Morgan fingerprint density at radius 1 is 1.00 bits per heavy atom. The molecule has 0 heterocycles. The van der Waals surface area contributed by atoms with Gasteiger partial charge in [-0.2, -0.15) is 0 Å². The number of ether oxygens (including phenoxy) is 1. The quantitative estimate of drug-likeness (QED) is 0.563. The van der Waals surface area contributed by atoms with Gasteiger partial charge < -0.3 is 10.1 Å². The van der Waals surface area contributed by atoms with Gasteiger partial charge in [0.25, 0.3) is 0 Å². The first kappa shape index (κ1) is 16.9. The van der Waals surface area contributed by atoms with Crippen molar-refractivity contribution in [3.63, 3.8) is 0 Å². The standard InChI is InChI=1S/C14H27NO3/c1-7-13(3,4)11(16)15-9-10-18-12(17)14(5,6)8-2/h7-10H2,1-6H3,(H,15,16). The smallest absolute Gasteiger partial charge is 0.311 e. The molecule has 0 unspecified atom stereocenters. The number of hydrogen-bond acceptors (Lipinski definition) is 3. The van der Waals surface area contributed by atoms with Crippen LogP contribution in [0, 0.1) is 10.8 Å². The summed E-state index contributed by atoms with van der Waals surface area (Å²) < 4.78 is 5.14. The summed E-state index contributed by atoms with van der Waals surface area (Å²) in [7, 11) is 0. The maximum Gasteiger partial charge on any atom is 0.311 e. The molecule has 0 aromatic rings. The summed E-state index contributed by atoms with van der Waals surface area (Å²) >= 11 is 0. The SMILES string of the molecule is CCC(C)(C)C(=O)NCCOC(=O)C(C)(C)CC. The molecule has 0 radical (unpaired) electrons. The van der Waals surface area contributed by atoms with Gasteiger partial charge in [-0.1, -0.05) is 27.7 Å². The molecule has 1 N–H and O–H groups in total. The molecule has 1 amide bonds. The van der Waals surface area contributed by atoms with Gasteiger partial charge >= 0.3 is 5.97 Å². The van der Waals surface area contributed by atoms with Crippen LogP contribution < -0.4 is 5.32 Å². The average Bonchev–Trinajstić information content (AvgIpc) is 2.33. The van der Waals surface area contributed by atoms with Crippen molar-refractivity contribution in [2.75, 3.05) is 13.2 Å². The molecule has 0 fully saturated rings. The van der Waals surface area contributed by atoms with E-state index in [1.54, 1.807) is 0 Å². The van der Waals surface area contributed by atoms with E-state index in [0.29, 0.717) is 6.54 Å². The highest BCUT2D eigenvalue weighted by atomic mass is 16.5. The molecule has 0 saturated carbocycles. The summed E-state index contributed by atoms with van der Waals surface area (Å²) in [6, 6.07) is 0. The Morgan fingerprint density at radius 2 is 1.50 bits per heavy atom. The molecule has 0 aromatic carbocycles. The van der Waals surface area contributed by atoms with Crippen LogP contribution in [0.3, 0.4) is 0 Å². The minimum atomic E-state index is -0.452. The summed E-state index contributed by atoms with van der Waals surface area (Å²) in [6.45, 7) is 12.0. The Morgan fingerprint density at radius 3 is 1.94 bits per heavy atom. The number of nitrogens with one attached hydrogen (secondary N) is 1. The first-order valence-electron chi connectivity index (χ1n) is 6.63. The Bertz CT molecular complexity index is 265. The lowest BCUT2D eigenvalue weighted by molar-refractivity contribution is -0.154. The molecule has 0 spiro atoms. The molecule has 4 nitrogen and oxygen atoms in total. The van der Waals surface area contributed by atoms with Crippen molar-refractivity contribution in [3.05, 3.63) is 0 Å². The fraction of sp³-hybridized carbons (Fsp3) is 0.857. The van der Waals surface area contributed by atoms with Crippen molar-refractivity contribution >= 4 is 11.9 Å². The van der Waals surface area contributed by atoms with E-state index in [2.05, 4.69) is 5.32 Å². The zero-order chi connectivity index (χ0) is 14.4. The van der Waals surface area contributed by atoms with Crippen molar-refractivity contribution in [2.45, 2.75) is 54.4 Å². The maximum absolute atomic E-state index is 11.7. The van der Waals surface area contributed by atoms with Crippen LogP contribution >= 0.6 is 0 Å². The Labute approximate surface area is 110 Å². The number of amides is 1. The van der Waals surface area contributed by atoms with Crippen molar-refractivity contribution < 1.29 is 14.3 Å². The van der Waals surface area contributed by atoms with E-state index >= 15 is 0 Å². The molecule has 0 aliphatic rings. The van der Waals surface area contributed by atoms with Gasteiger partial charge in [-0.3, -0.25) is 9.59 Å². The van der Waals surface area contributed by atoms with E-state index in [9.17, 15) is 9.59 Å². The third kappa shape index (κ3) is 5.07. The number of carbonyl (C=O) groups is 2. The molecule has 0 aromatic heterocycles. The molecule has 0 aliphatic heterocycles. The zero-order valence-corrected chi connectivity index (χ0v) is 12.6. The van der Waals surface area contributed by atoms with Gasteiger partial charge in [-0.05, 0) is 26.7 Å². The molecular formula is C14H27NO3. The lowest BCUT2D eigenvalue weighted by atomic mass is 9.89. The molecule has 18 heavy (non-hydrogen) atoms. The minimum Gasteiger partial charge on any atom is -0.463 e. The van der Waals surface area contributed by atoms with E-state index in [1.807, 2.05) is 41.5 Å². The third-order valence-electron chi connectivity index (χ3n) is 3.56. The summed E-state index contributed by atoms with van der Waals surface area (Å²) in [4.78, 5) is 23.4. The maximum atomic E-state index is 11.7. The van der Waals surface area contributed by atoms with Crippen molar-refractivity contribution in [1.29, 1.82) is 0 Å². The van der Waals surface area contributed by atoms with Gasteiger partial charge in [0.1, 0.15) is 6.61 Å². The van der Waals surface area contributed by atoms with E-state index in [1.165, 1.54) is 0 Å². The highest BCUT2D eigenvalue weighted by Gasteiger charge is 2.27. The fourth-order valence-electron chi connectivity index (χ4n) is 1.05. The molecule has 0 aliphatic carbocycles. The molecule has 0 saturated heterocycles. The van der Waals surface area contributed by atoms with Gasteiger partial charge in [0, 0.05) is 5.41 Å². The van der Waals surface area contributed by atoms with Gasteiger partial charge in [-0.25, -0.2) is 0 Å². The molecule has 0 atom stereocenters. The summed E-state index contributed by atoms with van der Waals surface area (Å²) in [5, 5.41) is 2.78. The van der Waals surface area contributed by atoms with Gasteiger partial charge in [0.15, 0.2) is 0 Å². The fourth-order valence-corrected chi connectivity index (χ4v) is 1.05. The third-order valence-corrected chi connectivity index (χ3v) is 3.56. The monoisotopic (exact) mass is 257 g/mol. The predicted molar refractivity (Wildman–Crippen MR) is 72.1 cm³/mol. The second-order valence-electron chi connectivity index (χ2n) is 5.87. The largest absolute Gasteiger partial charge is 0.463 e. The second-order valence-corrected chi connectivity index (χ2v) is 5.87. The van der Waals surface area contributed by atoms with Gasteiger partial charge in [0.2, 0.25) is 5.91 Å². The van der Waals surface area contributed by atoms with Crippen LogP contribution in [0.4, 0.5) is 0 Å². The first-order valence-corrected chi connectivity index (χ1v) is 6.63. The van der Waals surface area contributed by atoms with E-state index < -0.39 is 5.41 Å². The molecule has 106 valence electrons. The van der Waals surface area contributed by atoms with Crippen LogP contribution in [0.1, 0.15) is 54.4 Å². The van der Waals surface area contributed by atoms with Crippen LogP contribution in [0.2, 0.25) is 0 Å². The van der Waals surface area contributed by atoms with E-state index in [4.69, 9.17) is 4.74 Å². The number of esters is 1. The summed E-state index contributed by atoms with van der Waals surface area (Å²) in [5.74, 6) is -0.218. The van der Waals surface area contributed by atoms with E-state index in [0.717, 1.165) is 12.8 Å². The normalized spacial score (nSPS) is 12.1. The Hall–Kier alpha value is -1.06. The topological polar surface area (TPSA) is 55.4 Å². The first-order chi connectivity index (χ1) is 8.17. The van der Waals surface area contributed by atoms with E-state index in [-0.39, 0.29) is 23.9 Å². The Balaban J connectivity index is 3.96. The number of rotatable bonds is 7. The zero-order valence-electron chi connectivity index (χ0n) is 12.6.